The normalized spacial score (nSPS) is 23.3. The van der Waals surface area contributed by atoms with Gasteiger partial charge in [-0.05, 0) is 24.7 Å². The molecule has 1 aliphatic rings. The molecular formula is C14H23N3. The summed E-state index contributed by atoms with van der Waals surface area (Å²) in [5.41, 5.74) is 0.464. The first-order valence-electron chi connectivity index (χ1n) is 6.49. The van der Waals surface area contributed by atoms with Gasteiger partial charge in [-0.3, -0.25) is 0 Å². The van der Waals surface area contributed by atoms with Crippen molar-refractivity contribution in [3.05, 3.63) is 25.0 Å². The number of nitrogens with one attached hydrogen (secondary N) is 1. The zero-order valence-corrected chi connectivity index (χ0v) is 10.9. The number of anilines is 1. The molecular weight excluding hydrogens is 210 g/mol. The number of hydrogen-bond donors (Lipinski definition) is 1. The van der Waals surface area contributed by atoms with E-state index in [9.17, 15) is 0 Å². The Balaban J connectivity index is 2.00. The van der Waals surface area contributed by atoms with Crippen LogP contribution >= 0.6 is 0 Å². The summed E-state index contributed by atoms with van der Waals surface area (Å²) < 4.78 is 2.11. The summed E-state index contributed by atoms with van der Waals surface area (Å²) >= 11 is 0. The first-order chi connectivity index (χ1) is 8.11. The highest BCUT2D eigenvalue weighted by atomic mass is 15.2. The second kappa shape index (κ2) is 4.94. The first kappa shape index (κ1) is 12.2. The summed E-state index contributed by atoms with van der Waals surface area (Å²) in [6.45, 7) is 9.30. The topological polar surface area (TPSA) is 29.9 Å². The van der Waals surface area contributed by atoms with Crippen LogP contribution in [0.2, 0.25) is 0 Å². The van der Waals surface area contributed by atoms with Gasteiger partial charge in [-0.1, -0.05) is 26.3 Å². The van der Waals surface area contributed by atoms with Crippen molar-refractivity contribution in [3.8, 4) is 0 Å². The first-order valence-corrected chi connectivity index (χ1v) is 6.49. The van der Waals surface area contributed by atoms with Gasteiger partial charge >= 0.3 is 0 Å². The SMILES string of the molecule is C=CCn1ccnc1NC1CCCC(C)(C)C1. The van der Waals surface area contributed by atoms with E-state index in [4.69, 9.17) is 0 Å². The molecule has 0 bridgehead atoms. The summed E-state index contributed by atoms with van der Waals surface area (Å²) in [6, 6.07) is 0.560. The second-order valence-corrected chi connectivity index (χ2v) is 5.79. The lowest BCUT2D eigenvalue weighted by Gasteiger charge is -2.35. The van der Waals surface area contributed by atoms with Crippen molar-refractivity contribution in [2.75, 3.05) is 5.32 Å². The predicted molar refractivity (Wildman–Crippen MR) is 72.1 cm³/mol. The maximum atomic E-state index is 4.38. The van der Waals surface area contributed by atoms with Crippen LogP contribution in [0.4, 0.5) is 5.95 Å². The summed E-state index contributed by atoms with van der Waals surface area (Å²) in [6.07, 6.45) is 10.9. The molecule has 0 amide bonds. The van der Waals surface area contributed by atoms with Crippen LogP contribution in [0.3, 0.4) is 0 Å². The van der Waals surface area contributed by atoms with Crippen molar-refractivity contribution >= 4 is 5.95 Å². The quantitative estimate of drug-likeness (QED) is 0.807. The molecule has 0 radical (unpaired) electrons. The fraction of sp³-hybridized carbons (Fsp3) is 0.643. The molecule has 1 atom stereocenters. The van der Waals surface area contributed by atoms with E-state index in [0.29, 0.717) is 11.5 Å². The van der Waals surface area contributed by atoms with E-state index in [1.54, 1.807) is 0 Å². The molecule has 1 heterocycles. The molecule has 0 aliphatic heterocycles. The maximum Gasteiger partial charge on any atom is 0.203 e. The highest BCUT2D eigenvalue weighted by molar-refractivity contribution is 5.28. The molecule has 1 aromatic rings. The van der Waals surface area contributed by atoms with E-state index in [-0.39, 0.29) is 0 Å². The van der Waals surface area contributed by atoms with E-state index >= 15 is 0 Å². The van der Waals surface area contributed by atoms with Crippen LogP contribution in [0.15, 0.2) is 25.0 Å². The van der Waals surface area contributed by atoms with Crippen LogP contribution in [-0.4, -0.2) is 15.6 Å². The fourth-order valence-electron chi connectivity index (χ4n) is 2.74. The summed E-state index contributed by atoms with van der Waals surface area (Å²) in [5, 5.41) is 3.57. The van der Waals surface area contributed by atoms with E-state index in [0.717, 1.165) is 12.5 Å². The van der Waals surface area contributed by atoms with Gasteiger partial charge in [0.05, 0.1) is 0 Å². The van der Waals surface area contributed by atoms with Crippen molar-refractivity contribution in [2.45, 2.75) is 52.1 Å². The van der Waals surface area contributed by atoms with E-state index in [1.165, 1.54) is 25.7 Å². The lowest BCUT2D eigenvalue weighted by molar-refractivity contribution is 0.229. The molecule has 94 valence electrons. The van der Waals surface area contributed by atoms with Crippen LogP contribution in [-0.2, 0) is 6.54 Å². The molecule has 0 spiro atoms. The molecule has 1 fully saturated rings. The number of imidazole rings is 1. The van der Waals surface area contributed by atoms with Crippen molar-refractivity contribution in [3.63, 3.8) is 0 Å². The average Bonchev–Trinajstić information content (AvgIpc) is 2.65. The Bertz CT molecular complexity index is 379. The highest BCUT2D eigenvalue weighted by Crippen LogP contribution is 2.36. The van der Waals surface area contributed by atoms with Gasteiger partial charge in [0.2, 0.25) is 5.95 Å². The Morgan fingerprint density at radius 3 is 3.18 bits per heavy atom. The lowest BCUT2D eigenvalue weighted by atomic mass is 9.75. The molecule has 2 rings (SSSR count). The zero-order valence-electron chi connectivity index (χ0n) is 10.9. The van der Waals surface area contributed by atoms with Gasteiger partial charge in [0, 0.05) is 25.0 Å². The van der Waals surface area contributed by atoms with Crippen LogP contribution in [0.1, 0.15) is 39.5 Å². The van der Waals surface area contributed by atoms with Gasteiger partial charge in [-0.25, -0.2) is 4.98 Å². The maximum absolute atomic E-state index is 4.38. The van der Waals surface area contributed by atoms with E-state index in [2.05, 4.69) is 35.3 Å². The van der Waals surface area contributed by atoms with Crippen molar-refractivity contribution in [1.82, 2.24) is 9.55 Å². The lowest BCUT2D eigenvalue weighted by Crippen LogP contribution is -2.32. The summed E-state index contributed by atoms with van der Waals surface area (Å²) in [4.78, 5) is 4.38. The molecule has 0 aromatic carbocycles. The molecule has 0 saturated heterocycles. The molecule has 1 aliphatic carbocycles. The minimum absolute atomic E-state index is 0.464. The Morgan fingerprint density at radius 1 is 1.65 bits per heavy atom. The van der Waals surface area contributed by atoms with Gasteiger partial charge in [-0.2, -0.15) is 0 Å². The largest absolute Gasteiger partial charge is 0.353 e. The Hall–Kier alpha value is -1.25. The smallest absolute Gasteiger partial charge is 0.203 e. The van der Waals surface area contributed by atoms with Gasteiger partial charge in [0.1, 0.15) is 0 Å². The number of nitrogens with zero attached hydrogens (tertiary/aromatic N) is 2. The fourth-order valence-corrected chi connectivity index (χ4v) is 2.74. The molecule has 1 unspecified atom stereocenters. The van der Waals surface area contributed by atoms with Gasteiger partial charge in [0.25, 0.3) is 0 Å². The number of rotatable bonds is 4. The van der Waals surface area contributed by atoms with Crippen LogP contribution in [0, 0.1) is 5.41 Å². The number of allylic oxidation sites excluding steroid dienone is 1. The molecule has 1 aromatic heterocycles. The minimum atomic E-state index is 0.464. The standard InChI is InChI=1S/C14H23N3/c1-4-9-17-10-8-15-13(17)16-12-6-5-7-14(2,3)11-12/h4,8,10,12H,1,5-7,9,11H2,2-3H3,(H,15,16). The number of aromatic nitrogens is 2. The Labute approximate surface area is 104 Å². The molecule has 3 heteroatoms. The van der Waals surface area contributed by atoms with Gasteiger partial charge in [-0.15, -0.1) is 6.58 Å². The van der Waals surface area contributed by atoms with E-state index < -0.39 is 0 Å². The zero-order chi connectivity index (χ0) is 12.3. The van der Waals surface area contributed by atoms with Gasteiger partial charge in [0.15, 0.2) is 0 Å². The average molecular weight is 233 g/mol. The third kappa shape index (κ3) is 3.11. The monoisotopic (exact) mass is 233 g/mol. The Kier molecular flexibility index (Phi) is 3.55. The van der Waals surface area contributed by atoms with Crippen LogP contribution in [0.5, 0.6) is 0 Å². The van der Waals surface area contributed by atoms with Crippen molar-refractivity contribution in [2.24, 2.45) is 5.41 Å². The summed E-state index contributed by atoms with van der Waals surface area (Å²) in [5.74, 6) is 0.979. The van der Waals surface area contributed by atoms with Crippen molar-refractivity contribution < 1.29 is 0 Å². The number of hydrogen-bond acceptors (Lipinski definition) is 2. The van der Waals surface area contributed by atoms with Crippen molar-refractivity contribution in [1.29, 1.82) is 0 Å². The molecule has 3 nitrogen and oxygen atoms in total. The van der Waals surface area contributed by atoms with Crippen LogP contribution < -0.4 is 5.32 Å². The third-order valence-electron chi connectivity index (χ3n) is 3.58. The summed E-state index contributed by atoms with van der Waals surface area (Å²) in [7, 11) is 0. The van der Waals surface area contributed by atoms with Gasteiger partial charge < -0.3 is 9.88 Å². The van der Waals surface area contributed by atoms with Crippen LogP contribution in [0.25, 0.3) is 0 Å². The third-order valence-corrected chi connectivity index (χ3v) is 3.58. The second-order valence-electron chi connectivity index (χ2n) is 5.79. The molecule has 1 saturated carbocycles. The highest BCUT2D eigenvalue weighted by Gasteiger charge is 2.28. The Morgan fingerprint density at radius 2 is 2.47 bits per heavy atom. The van der Waals surface area contributed by atoms with E-state index in [1.807, 2.05) is 18.5 Å². The molecule has 1 N–H and O–H groups in total. The molecule has 17 heavy (non-hydrogen) atoms. The minimum Gasteiger partial charge on any atom is -0.353 e. The predicted octanol–water partition coefficient (Wildman–Crippen LogP) is 3.45.